The minimum Gasteiger partial charge on any atom is -0.382 e. The molecule has 0 aliphatic carbocycles. The number of pyridine rings is 1. The molecule has 2 heterocycles. The molecule has 1 unspecified atom stereocenters. The summed E-state index contributed by atoms with van der Waals surface area (Å²) in [5.74, 6) is -0.171. The van der Waals surface area contributed by atoms with Gasteiger partial charge in [0.15, 0.2) is 5.82 Å². The summed E-state index contributed by atoms with van der Waals surface area (Å²) in [4.78, 5) is 12.8. The van der Waals surface area contributed by atoms with E-state index in [9.17, 15) is 9.50 Å². The van der Waals surface area contributed by atoms with E-state index in [0.717, 1.165) is 5.57 Å². The summed E-state index contributed by atoms with van der Waals surface area (Å²) in [6.07, 6.45) is 3.13. The quantitative estimate of drug-likeness (QED) is 0.547. The van der Waals surface area contributed by atoms with Gasteiger partial charge in [-0.1, -0.05) is 23.8 Å². The number of rotatable bonds is 5. The average Bonchev–Trinajstić information content (AvgIpc) is 2.65. The summed E-state index contributed by atoms with van der Waals surface area (Å²) < 4.78 is 15.0. The van der Waals surface area contributed by atoms with Crippen LogP contribution in [-0.4, -0.2) is 26.1 Å². The third-order valence-electron chi connectivity index (χ3n) is 4.78. The Morgan fingerprint density at radius 2 is 1.86 bits per heavy atom. The normalized spacial score (nSPS) is 12.8. The van der Waals surface area contributed by atoms with E-state index in [4.69, 9.17) is 11.6 Å². The fourth-order valence-corrected chi connectivity index (χ4v) is 3.06. The van der Waals surface area contributed by atoms with Gasteiger partial charge < -0.3 is 10.4 Å². The van der Waals surface area contributed by atoms with E-state index in [0.29, 0.717) is 38.7 Å². The van der Waals surface area contributed by atoms with Gasteiger partial charge in [-0.25, -0.2) is 19.3 Å². The first-order chi connectivity index (χ1) is 13.5. The standard InChI is InChI=1S/C22H24ClFN4O/c1-11(2)12(3)27-20-16-7-14(8-17(24)19(16)28-13(4)18(20)23)15-9-25-21(26-10-15)22(5,6)29/h7-10,12,29H,1H2,2-6H3,(H,27,28). The van der Waals surface area contributed by atoms with Crippen molar-refractivity contribution in [2.75, 3.05) is 5.32 Å². The van der Waals surface area contributed by atoms with E-state index >= 15 is 0 Å². The Morgan fingerprint density at radius 1 is 1.24 bits per heavy atom. The third-order valence-corrected chi connectivity index (χ3v) is 5.24. The van der Waals surface area contributed by atoms with Crippen LogP contribution in [-0.2, 0) is 5.60 Å². The molecule has 152 valence electrons. The second-order valence-electron chi connectivity index (χ2n) is 7.81. The highest BCUT2D eigenvalue weighted by Crippen LogP contribution is 2.37. The second-order valence-corrected chi connectivity index (χ2v) is 8.19. The minimum atomic E-state index is -1.15. The summed E-state index contributed by atoms with van der Waals surface area (Å²) in [6, 6.07) is 3.16. The number of anilines is 1. The lowest BCUT2D eigenvalue weighted by Gasteiger charge is -2.20. The van der Waals surface area contributed by atoms with E-state index in [1.165, 1.54) is 6.07 Å². The van der Waals surface area contributed by atoms with Crippen LogP contribution in [0.5, 0.6) is 0 Å². The fourth-order valence-electron chi connectivity index (χ4n) is 2.86. The molecule has 0 fully saturated rings. The van der Waals surface area contributed by atoms with Crippen molar-refractivity contribution >= 4 is 28.2 Å². The number of halogens is 2. The molecule has 0 aliphatic rings. The van der Waals surface area contributed by atoms with Crippen LogP contribution in [0, 0.1) is 12.7 Å². The molecule has 0 saturated heterocycles. The first kappa shape index (κ1) is 21.1. The molecule has 2 aromatic heterocycles. The zero-order chi connectivity index (χ0) is 21.5. The van der Waals surface area contributed by atoms with Gasteiger partial charge in [-0.05, 0) is 52.3 Å². The molecule has 5 nitrogen and oxygen atoms in total. The minimum absolute atomic E-state index is 0.0568. The molecule has 7 heteroatoms. The molecular formula is C22H24ClFN4O. The van der Waals surface area contributed by atoms with E-state index in [1.54, 1.807) is 33.2 Å². The number of hydrogen-bond acceptors (Lipinski definition) is 5. The molecule has 3 aromatic rings. The smallest absolute Gasteiger partial charge is 0.159 e. The molecule has 1 aromatic carbocycles. The molecule has 0 radical (unpaired) electrons. The van der Waals surface area contributed by atoms with Gasteiger partial charge in [-0.15, -0.1) is 0 Å². The van der Waals surface area contributed by atoms with Gasteiger partial charge in [-0.3, -0.25) is 0 Å². The highest BCUT2D eigenvalue weighted by Gasteiger charge is 2.20. The SMILES string of the molecule is C=C(C)C(C)Nc1c(Cl)c(C)nc2c(F)cc(-c3cnc(C(C)(C)O)nc3)cc12. The summed E-state index contributed by atoms with van der Waals surface area (Å²) in [7, 11) is 0. The number of aliphatic hydroxyl groups is 1. The van der Waals surface area contributed by atoms with Crippen LogP contribution in [0.15, 0.2) is 36.7 Å². The van der Waals surface area contributed by atoms with Crippen molar-refractivity contribution in [3.05, 3.63) is 59.0 Å². The largest absolute Gasteiger partial charge is 0.382 e. The van der Waals surface area contributed by atoms with E-state index in [-0.39, 0.29) is 11.6 Å². The summed E-state index contributed by atoms with van der Waals surface area (Å²) in [5, 5.41) is 14.4. The van der Waals surface area contributed by atoms with Crippen LogP contribution in [0.2, 0.25) is 5.02 Å². The summed E-state index contributed by atoms with van der Waals surface area (Å²) >= 11 is 6.51. The second kappa shape index (κ2) is 7.69. The number of aryl methyl sites for hydroxylation is 1. The molecule has 0 aliphatic heterocycles. The van der Waals surface area contributed by atoms with E-state index in [1.807, 2.05) is 19.9 Å². The van der Waals surface area contributed by atoms with Crippen LogP contribution >= 0.6 is 11.6 Å². The van der Waals surface area contributed by atoms with Crippen molar-refractivity contribution in [2.45, 2.75) is 46.3 Å². The molecule has 29 heavy (non-hydrogen) atoms. The van der Waals surface area contributed by atoms with E-state index in [2.05, 4.69) is 26.8 Å². The zero-order valence-electron chi connectivity index (χ0n) is 17.1. The Morgan fingerprint density at radius 3 is 2.41 bits per heavy atom. The highest BCUT2D eigenvalue weighted by atomic mass is 35.5. The molecule has 1 atom stereocenters. The number of nitrogens with one attached hydrogen (secondary N) is 1. The van der Waals surface area contributed by atoms with Gasteiger partial charge in [0.1, 0.15) is 16.9 Å². The lowest BCUT2D eigenvalue weighted by atomic mass is 10.0. The monoisotopic (exact) mass is 414 g/mol. The van der Waals surface area contributed by atoms with Crippen molar-refractivity contribution in [1.29, 1.82) is 0 Å². The van der Waals surface area contributed by atoms with Crippen molar-refractivity contribution < 1.29 is 9.50 Å². The van der Waals surface area contributed by atoms with Crippen LogP contribution < -0.4 is 5.32 Å². The summed E-state index contributed by atoms with van der Waals surface area (Å²) in [5.41, 5.74) is 2.37. The van der Waals surface area contributed by atoms with E-state index < -0.39 is 11.4 Å². The van der Waals surface area contributed by atoms with Crippen molar-refractivity contribution in [1.82, 2.24) is 15.0 Å². The van der Waals surface area contributed by atoms with Gasteiger partial charge in [0.05, 0.1) is 16.4 Å². The number of benzene rings is 1. The number of aromatic nitrogens is 3. The Kier molecular flexibility index (Phi) is 5.61. The average molecular weight is 415 g/mol. The molecule has 0 bridgehead atoms. The predicted molar refractivity (Wildman–Crippen MR) is 116 cm³/mol. The zero-order valence-corrected chi connectivity index (χ0v) is 17.9. The van der Waals surface area contributed by atoms with Gasteiger partial charge in [0, 0.05) is 29.4 Å². The van der Waals surface area contributed by atoms with Crippen molar-refractivity contribution in [3.8, 4) is 11.1 Å². The molecule has 0 saturated carbocycles. The lowest BCUT2D eigenvalue weighted by Crippen LogP contribution is -2.19. The topological polar surface area (TPSA) is 70.9 Å². The predicted octanol–water partition coefficient (Wildman–Crippen LogP) is 5.40. The Labute approximate surface area is 174 Å². The maximum Gasteiger partial charge on any atom is 0.159 e. The molecule has 0 amide bonds. The maximum absolute atomic E-state index is 15.0. The maximum atomic E-state index is 15.0. The highest BCUT2D eigenvalue weighted by molar-refractivity contribution is 6.35. The number of hydrogen-bond donors (Lipinski definition) is 2. The van der Waals surface area contributed by atoms with Crippen molar-refractivity contribution in [2.24, 2.45) is 0 Å². The third kappa shape index (κ3) is 4.23. The van der Waals surface area contributed by atoms with Crippen LogP contribution in [0.1, 0.15) is 39.2 Å². The first-order valence-electron chi connectivity index (χ1n) is 9.25. The fraction of sp³-hybridized carbons (Fsp3) is 0.318. The molecule has 2 N–H and O–H groups in total. The Balaban J connectivity index is 2.19. The Hall–Kier alpha value is -2.57. The number of fused-ring (bicyclic) bond motifs is 1. The van der Waals surface area contributed by atoms with Crippen LogP contribution in [0.3, 0.4) is 0 Å². The van der Waals surface area contributed by atoms with Gasteiger partial charge in [0.25, 0.3) is 0 Å². The molecular weight excluding hydrogens is 391 g/mol. The first-order valence-corrected chi connectivity index (χ1v) is 9.63. The number of nitrogens with zero attached hydrogens (tertiary/aromatic N) is 3. The lowest BCUT2D eigenvalue weighted by molar-refractivity contribution is 0.0687. The van der Waals surface area contributed by atoms with Crippen LogP contribution in [0.4, 0.5) is 10.1 Å². The van der Waals surface area contributed by atoms with Gasteiger partial charge in [0.2, 0.25) is 0 Å². The van der Waals surface area contributed by atoms with Gasteiger partial charge >= 0.3 is 0 Å². The van der Waals surface area contributed by atoms with Gasteiger partial charge in [-0.2, -0.15) is 0 Å². The van der Waals surface area contributed by atoms with Crippen molar-refractivity contribution in [3.63, 3.8) is 0 Å². The van der Waals surface area contributed by atoms with Crippen LogP contribution in [0.25, 0.3) is 22.0 Å². The Bertz CT molecular complexity index is 1090. The molecule has 0 spiro atoms. The summed E-state index contributed by atoms with van der Waals surface area (Å²) in [6.45, 7) is 12.8. The molecule has 3 rings (SSSR count).